The SMILES string of the molecule is COC(=O)CCCCCC=C1C(=O)C(S(C)(=O)=O)=CC1(O)CCC(C)CCCC(C)C. The third-order valence-corrected chi connectivity index (χ3v) is 6.96. The molecule has 178 valence electrons. The van der Waals surface area contributed by atoms with Gasteiger partial charge >= 0.3 is 5.97 Å². The molecule has 0 aromatic rings. The number of allylic oxidation sites excluding steroid dienone is 2. The van der Waals surface area contributed by atoms with Gasteiger partial charge in [0.25, 0.3) is 0 Å². The molecule has 1 N–H and O–H groups in total. The molecule has 0 aliphatic heterocycles. The molecule has 0 heterocycles. The largest absolute Gasteiger partial charge is 0.469 e. The molecule has 6 nitrogen and oxygen atoms in total. The molecule has 0 amide bonds. The van der Waals surface area contributed by atoms with Crippen molar-refractivity contribution in [3.05, 3.63) is 22.6 Å². The van der Waals surface area contributed by atoms with Gasteiger partial charge in [-0.2, -0.15) is 0 Å². The van der Waals surface area contributed by atoms with E-state index in [0.717, 1.165) is 38.4 Å². The van der Waals surface area contributed by atoms with Gasteiger partial charge in [0.05, 0.1) is 7.11 Å². The number of aliphatic hydroxyl groups is 1. The maximum Gasteiger partial charge on any atom is 0.305 e. The van der Waals surface area contributed by atoms with Gasteiger partial charge in [-0.1, -0.05) is 52.5 Å². The zero-order valence-corrected chi connectivity index (χ0v) is 20.6. The van der Waals surface area contributed by atoms with Gasteiger partial charge in [0.1, 0.15) is 10.5 Å². The lowest BCUT2D eigenvalue weighted by atomic mass is 9.86. The second-order valence-corrected chi connectivity index (χ2v) is 11.3. The van der Waals surface area contributed by atoms with Crippen molar-refractivity contribution in [2.75, 3.05) is 13.4 Å². The minimum atomic E-state index is -3.71. The molecule has 0 bridgehead atoms. The van der Waals surface area contributed by atoms with Crippen LogP contribution in [0.15, 0.2) is 22.6 Å². The molecule has 0 radical (unpaired) electrons. The number of ketones is 1. The van der Waals surface area contributed by atoms with Crippen molar-refractivity contribution in [2.45, 2.75) is 90.6 Å². The van der Waals surface area contributed by atoms with E-state index >= 15 is 0 Å². The normalized spacial score (nSPS) is 21.6. The molecule has 0 aromatic carbocycles. The third-order valence-electron chi connectivity index (χ3n) is 5.86. The van der Waals surface area contributed by atoms with Crippen LogP contribution in [0.4, 0.5) is 0 Å². The molecule has 2 atom stereocenters. The number of ether oxygens (including phenoxy) is 1. The molecular weight excluding hydrogens is 416 g/mol. The number of Topliss-reactive ketones (excluding diaryl/α,β-unsaturated/α-hetero) is 1. The fraction of sp³-hybridized carbons (Fsp3) is 0.750. The Kier molecular flexibility index (Phi) is 11.1. The van der Waals surface area contributed by atoms with Crippen molar-refractivity contribution in [1.82, 2.24) is 0 Å². The number of methoxy groups -OCH3 is 1. The van der Waals surface area contributed by atoms with Crippen molar-refractivity contribution >= 4 is 21.6 Å². The Morgan fingerprint density at radius 3 is 2.39 bits per heavy atom. The van der Waals surface area contributed by atoms with E-state index in [2.05, 4.69) is 25.5 Å². The van der Waals surface area contributed by atoms with Crippen LogP contribution in [0.25, 0.3) is 0 Å². The Morgan fingerprint density at radius 1 is 1.13 bits per heavy atom. The molecule has 7 heteroatoms. The number of unbranched alkanes of at least 4 members (excludes halogenated alkanes) is 3. The smallest absolute Gasteiger partial charge is 0.305 e. The number of carbonyl (C=O) groups is 2. The second-order valence-electron chi connectivity index (χ2n) is 9.30. The van der Waals surface area contributed by atoms with Crippen molar-refractivity contribution in [2.24, 2.45) is 11.8 Å². The topological polar surface area (TPSA) is 97.7 Å². The molecule has 0 saturated heterocycles. The first-order valence-corrected chi connectivity index (χ1v) is 13.3. The second kappa shape index (κ2) is 12.5. The molecule has 0 saturated carbocycles. The highest BCUT2D eigenvalue weighted by atomic mass is 32.2. The number of esters is 1. The summed E-state index contributed by atoms with van der Waals surface area (Å²) in [6.45, 7) is 6.52. The highest BCUT2D eigenvalue weighted by Crippen LogP contribution is 2.38. The van der Waals surface area contributed by atoms with E-state index in [1.807, 2.05) is 0 Å². The van der Waals surface area contributed by atoms with Crippen molar-refractivity contribution < 1.29 is 27.9 Å². The number of hydrogen-bond donors (Lipinski definition) is 1. The van der Waals surface area contributed by atoms with Gasteiger partial charge in [0, 0.05) is 18.2 Å². The number of hydrogen-bond acceptors (Lipinski definition) is 6. The predicted molar refractivity (Wildman–Crippen MR) is 123 cm³/mol. The van der Waals surface area contributed by atoms with Crippen molar-refractivity contribution in [1.29, 1.82) is 0 Å². The summed E-state index contributed by atoms with van der Waals surface area (Å²) in [6.07, 6.45) is 11.4. The Morgan fingerprint density at radius 2 is 1.81 bits per heavy atom. The van der Waals surface area contributed by atoms with Crippen molar-refractivity contribution in [3.8, 4) is 0 Å². The summed E-state index contributed by atoms with van der Waals surface area (Å²) in [7, 11) is -2.35. The predicted octanol–water partition coefficient (Wildman–Crippen LogP) is 4.52. The monoisotopic (exact) mass is 456 g/mol. The molecule has 0 fully saturated rings. The summed E-state index contributed by atoms with van der Waals surface area (Å²) in [5, 5.41) is 11.2. The first kappa shape index (κ1) is 27.6. The lowest BCUT2D eigenvalue weighted by Crippen LogP contribution is -2.28. The lowest BCUT2D eigenvalue weighted by molar-refractivity contribution is -0.140. The van der Waals surface area contributed by atoms with Gasteiger partial charge in [-0.3, -0.25) is 9.59 Å². The van der Waals surface area contributed by atoms with E-state index in [9.17, 15) is 23.1 Å². The van der Waals surface area contributed by atoms with Crippen LogP contribution in [0.2, 0.25) is 0 Å². The van der Waals surface area contributed by atoms with E-state index in [0.29, 0.717) is 43.9 Å². The first-order chi connectivity index (χ1) is 14.4. The minimum absolute atomic E-state index is 0.176. The summed E-state index contributed by atoms with van der Waals surface area (Å²) in [5.74, 6) is 0.203. The van der Waals surface area contributed by atoms with E-state index in [1.54, 1.807) is 6.08 Å². The van der Waals surface area contributed by atoms with Gasteiger partial charge in [-0.25, -0.2) is 8.42 Å². The van der Waals surface area contributed by atoms with Crippen LogP contribution in [0.5, 0.6) is 0 Å². The fourth-order valence-electron chi connectivity index (χ4n) is 3.87. The maximum absolute atomic E-state index is 12.8. The summed E-state index contributed by atoms with van der Waals surface area (Å²) in [5.41, 5.74) is -1.36. The molecule has 1 rings (SSSR count). The standard InChI is InChI=1S/C24H40O6S/c1-18(2)11-10-12-19(3)15-16-24(27)17-21(31(5,28)29)23(26)20(24)13-8-6-7-9-14-22(25)30-4/h13,17-19,27H,6-12,14-16H2,1-5H3. The van der Waals surface area contributed by atoms with Crippen LogP contribution in [-0.4, -0.2) is 44.2 Å². The Balaban J connectivity index is 2.79. The van der Waals surface area contributed by atoms with Gasteiger partial charge in [0.2, 0.25) is 5.78 Å². The third kappa shape index (κ3) is 9.27. The molecule has 1 aliphatic rings. The molecule has 31 heavy (non-hydrogen) atoms. The highest BCUT2D eigenvalue weighted by Gasteiger charge is 2.44. The van der Waals surface area contributed by atoms with Gasteiger partial charge < -0.3 is 9.84 Å². The highest BCUT2D eigenvalue weighted by molar-refractivity contribution is 7.95. The summed E-state index contributed by atoms with van der Waals surface area (Å²) in [6, 6.07) is 0. The van der Waals surface area contributed by atoms with Crippen LogP contribution in [0.3, 0.4) is 0 Å². The van der Waals surface area contributed by atoms with E-state index in [1.165, 1.54) is 13.2 Å². The van der Waals surface area contributed by atoms with Crippen LogP contribution in [0.1, 0.15) is 85.0 Å². The number of sulfone groups is 1. The van der Waals surface area contributed by atoms with Gasteiger partial charge in [0.15, 0.2) is 9.84 Å². The summed E-state index contributed by atoms with van der Waals surface area (Å²) in [4.78, 5) is 23.6. The average molecular weight is 457 g/mol. The molecule has 0 spiro atoms. The van der Waals surface area contributed by atoms with Crippen LogP contribution in [0, 0.1) is 11.8 Å². The minimum Gasteiger partial charge on any atom is -0.469 e. The quantitative estimate of drug-likeness (QED) is 0.234. The van der Waals surface area contributed by atoms with Crippen LogP contribution in [-0.2, 0) is 24.2 Å². The van der Waals surface area contributed by atoms with E-state index in [-0.39, 0.29) is 16.4 Å². The van der Waals surface area contributed by atoms with Crippen LogP contribution < -0.4 is 0 Å². The molecular formula is C24H40O6S. The summed E-state index contributed by atoms with van der Waals surface area (Å²) >= 11 is 0. The van der Waals surface area contributed by atoms with Crippen LogP contribution >= 0.6 is 0 Å². The Bertz CT molecular complexity index is 778. The van der Waals surface area contributed by atoms with E-state index in [4.69, 9.17) is 0 Å². The Hall–Kier alpha value is -1.47. The molecule has 2 unspecified atom stereocenters. The summed E-state index contributed by atoms with van der Waals surface area (Å²) < 4.78 is 28.7. The van der Waals surface area contributed by atoms with Gasteiger partial charge in [-0.15, -0.1) is 0 Å². The molecule has 0 aromatic heterocycles. The number of carbonyl (C=O) groups excluding carboxylic acids is 2. The maximum atomic E-state index is 12.8. The first-order valence-electron chi connectivity index (χ1n) is 11.4. The Labute approximate surface area is 188 Å². The van der Waals surface area contributed by atoms with Gasteiger partial charge in [-0.05, 0) is 50.0 Å². The fourth-order valence-corrected chi connectivity index (χ4v) is 4.72. The lowest BCUT2D eigenvalue weighted by Gasteiger charge is -2.24. The zero-order chi connectivity index (χ0) is 23.7. The van der Waals surface area contributed by atoms with E-state index < -0.39 is 21.2 Å². The number of rotatable bonds is 14. The zero-order valence-electron chi connectivity index (χ0n) is 19.8. The molecule has 1 aliphatic carbocycles. The van der Waals surface area contributed by atoms with Crippen molar-refractivity contribution in [3.63, 3.8) is 0 Å². The average Bonchev–Trinajstić information content (AvgIpc) is 2.93.